The standard InChI is InChI=1S/C26H19F3N4O3/c27-19-6-5-16(36-25-20(28)13-21-17(24(25)29)8-9-30-21)12-18(19)26-31-22(32-33-26)11-15-3-1-2-14(10-15)4-7-23(34)35/h1-3,5-6,8-10,12-13,30H,4,7,11H2,(H,34,35)(H,31,32,33). The summed E-state index contributed by atoms with van der Waals surface area (Å²) in [6, 6.07) is 13.7. The molecule has 0 amide bonds. The number of hydrogen-bond acceptors (Lipinski definition) is 4. The number of carboxylic acid groups (broad SMARTS) is 1. The summed E-state index contributed by atoms with van der Waals surface area (Å²) in [6.07, 6.45) is 2.28. The number of halogens is 3. The molecule has 182 valence electrons. The maximum atomic E-state index is 14.8. The van der Waals surface area contributed by atoms with Crippen molar-refractivity contribution in [1.82, 2.24) is 20.2 Å². The second-order valence-corrected chi connectivity index (χ2v) is 8.19. The lowest BCUT2D eigenvalue weighted by atomic mass is 10.0. The molecular formula is C26H19F3N4O3. The van der Waals surface area contributed by atoms with Gasteiger partial charge in [-0.1, -0.05) is 24.3 Å². The molecule has 5 rings (SSSR count). The summed E-state index contributed by atoms with van der Waals surface area (Å²) < 4.78 is 49.3. The van der Waals surface area contributed by atoms with Crippen LogP contribution in [0.25, 0.3) is 22.3 Å². The Labute approximate surface area is 202 Å². The molecule has 0 fully saturated rings. The minimum atomic E-state index is -0.902. The van der Waals surface area contributed by atoms with E-state index in [1.165, 1.54) is 24.4 Å². The van der Waals surface area contributed by atoms with Gasteiger partial charge in [-0.15, -0.1) is 10.2 Å². The Balaban J connectivity index is 1.37. The minimum absolute atomic E-state index is 0.0168. The van der Waals surface area contributed by atoms with E-state index in [9.17, 15) is 18.0 Å². The van der Waals surface area contributed by atoms with Gasteiger partial charge in [0.05, 0.1) is 11.1 Å². The Morgan fingerprint density at radius 2 is 1.81 bits per heavy atom. The molecular weight excluding hydrogens is 473 g/mol. The molecule has 5 aromatic rings. The first-order valence-electron chi connectivity index (χ1n) is 11.0. The van der Waals surface area contributed by atoms with Gasteiger partial charge in [-0.05, 0) is 41.8 Å². The largest absolute Gasteiger partial charge is 0.481 e. The number of benzene rings is 3. The van der Waals surface area contributed by atoms with E-state index in [2.05, 4.69) is 20.2 Å². The molecule has 2 heterocycles. The first-order valence-corrected chi connectivity index (χ1v) is 11.0. The van der Waals surface area contributed by atoms with Gasteiger partial charge in [0.25, 0.3) is 0 Å². The van der Waals surface area contributed by atoms with E-state index in [0.29, 0.717) is 24.2 Å². The van der Waals surface area contributed by atoms with Crippen LogP contribution in [-0.4, -0.2) is 31.2 Å². The maximum Gasteiger partial charge on any atom is 0.303 e. The second kappa shape index (κ2) is 9.57. The van der Waals surface area contributed by atoms with E-state index in [1.54, 1.807) is 0 Å². The molecule has 0 bridgehead atoms. The van der Waals surface area contributed by atoms with Crippen molar-refractivity contribution in [2.45, 2.75) is 19.3 Å². The fourth-order valence-corrected chi connectivity index (χ4v) is 3.91. The highest BCUT2D eigenvalue weighted by Crippen LogP contribution is 2.34. The number of fused-ring (bicyclic) bond motifs is 1. The van der Waals surface area contributed by atoms with E-state index in [4.69, 9.17) is 9.84 Å². The van der Waals surface area contributed by atoms with Crippen LogP contribution in [0.4, 0.5) is 13.2 Å². The van der Waals surface area contributed by atoms with Crippen LogP contribution in [0.3, 0.4) is 0 Å². The summed E-state index contributed by atoms with van der Waals surface area (Å²) >= 11 is 0. The topological polar surface area (TPSA) is 104 Å². The number of H-pyrrole nitrogens is 2. The lowest BCUT2D eigenvalue weighted by Crippen LogP contribution is -1.98. The van der Waals surface area contributed by atoms with Crippen LogP contribution in [0.5, 0.6) is 11.5 Å². The number of aryl methyl sites for hydroxylation is 1. The van der Waals surface area contributed by atoms with E-state index >= 15 is 0 Å². The number of aromatic nitrogens is 4. The molecule has 0 atom stereocenters. The van der Waals surface area contributed by atoms with Crippen LogP contribution in [0.15, 0.2) is 60.8 Å². The van der Waals surface area contributed by atoms with E-state index in [0.717, 1.165) is 23.3 Å². The summed E-state index contributed by atoms with van der Waals surface area (Å²) in [5.41, 5.74) is 2.07. The summed E-state index contributed by atoms with van der Waals surface area (Å²) in [4.78, 5) is 16.5. The Kier molecular flexibility index (Phi) is 6.16. The van der Waals surface area contributed by atoms with Crippen LogP contribution >= 0.6 is 0 Å². The number of nitrogens with one attached hydrogen (secondary N) is 2. The van der Waals surface area contributed by atoms with Crippen molar-refractivity contribution in [3.8, 4) is 22.9 Å². The van der Waals surface area contributed by atoms with Gasteiger partial charge in [-0.2, -0.15) is 0 Å². The monoisotopic (exact) mass is 492 g/mol. The number of hydrogen-bond donors (Lipinski definition) is 3. The van der Waals surface area contributed by atoms with Crippen LogP contribution in [0.2, 0.25) is 0 Å². The van der Waals surface area contributed by atoms with Crippen molar-refractivity contribution in [2.75, 3.05) is 0 Å². The molecule has 0 aliphatic rings. The van der Waals surface area contributed by atoms with E-state index in [1.807, 2.05) is 24.3 Å². The Bertz CT molecular complexity index is 1580. The SMILES string of the molecule is O=C(O)CCc1cccc(Cc2nnc(-c3cc(Oc4c(F)cc5[nH]ccc5c4F)ccc3F)[nH]2)c1. The average Bonchev–Trinajstić information content (AvgIpc) is 3.51. The van der Waals surface area contributed by atoms with Crippen LogP contribution in [0.1, 0.15) is 23.4 Å². The van der Waals surface area contributed by atoms with Gasteiger partial charge < -0.3 is 19.8 Å². The molecule has 0 aliphatic heterocycles. The lowest BCUT2D eigenvalue weighted by molar-refractivity contribution is -0.136. The molecule has 2 aromatic heterocycles. The fourth-order valence-electron chi connectivity index (χ4n) is 3.91. The van der Waals surface area contributed by atoms with Crippen LogP contribution < -0.4 is 4.74 Å². The molecule has 0 radical (unpaired) electrons. The third-order valence-electron chi connectivity index (χ3n) is 5.64. The van der Waals surface area contributed by atoms with Crippen molar-refractivity contribution in [1.29, 1.82) is 0 Å². The number of rotatable bonds is 8. The van der Waals surface area contributed by atoms with Gasteiger partial charge in [0.2, 0.25) is 0 Å². The quantitative estimate of drug-likeness (QED) is 0.255. The Hall–Kier alpha value is -4.60. The molecule has 3 N–H and O–H groups in total. The summed E-state index contributed by atoms with van der Waals surface area (Å²) in [5.74, 6) is -3.26. The average molecular weight is 492 g/mol. The van der Waals surface area contributed by atoms with Crippen molar-refractivity contribution in [3.05, 3.63) is 95.2 Å². The predicted octanol–water partition coefficient (Wildman–Crippen LogP) is 5.77. The van der Waals surface area contributed by atoms with Gasteiger partial charge in [-0.25, -0.2) is 13.2 Å². The number of aromatic amines is 2. The minimum Gasteiger partial charge on any atom is -0.481 e. The highest BCUT2D eigenvalue weighted by molar-refractivity contribution is 5.82. The zero-order valence-electron chi connectivity index (χ0n) is 18.7. The number of carboxylic acids is 1. The molecule has 10 heteroatoms. The van der Waals surface area contributed by atoms with Crippen molar-refractivity contribution < 1.29 is 27.8 Å². The molecule has 3 aromatic carbocycles. The van der Waals surface area contributed by atoms with Gasteiger partial charge in [0, 0.05) is 30.5 Å². The molecule has 0 spiro atoms. The van der Waals surface area contributed by atoms with Crippen molar-refractivity contribution in [2.24, 2.45) is 0 Å². The van der Waals surface area contributed by atoms with Crippen molar-refractivity contribution >= 4 is 16.9 Å². The van der Waals surface area contributed by atoms with Gasteiger partial charge >= 0.3 is 5.97 Å². The summed E-state index contributed by atoms with van der Waals surface area (Å²) in [6.45, 7) is 0. The van der Waals surface area contributed by atoms with Gasteiger partial charge in [-0.3, -0.25) is 4.79 Å². The number of aliphatic carboxylic acids is 1. The molecule has 0 saturated heterocycles. The van der Waals surface area contributed by atoms with Gasteiger partial charge in [0.1, 0.15) is 17.4 Å². The summed E-state index contributed by atoms with van der Waals surface area (Å²) in [7, 11) is 0. The Morgan fingerprint density at radius 3 is 2.64 bits per heavy atom. The lowest BCUT2D eigenvalue weighted by Gasteiger charge is -2.10. The van der Waals surface area contributed by atoms with Crippen LogP contribution in [0, 0.1) is 17.5 Å². The highest BCUT2D eigenvalue weighted by atomic mass is 19.1. The van der Waals surface area contributed by atoms with E-state index < -0.39 is 29.2 Å². The predicted molar refractivity (Wildman–Crippen MR) is 125 cm³/mol. The summed E-state index contributed by atoms with van der Waals surface area (Å²) in [5, 5.41) is 17.1. The highest BCUT2D eigenvalue weighted by Gasteiger charge is 2.19. The second-order valence-electron chi connectivity index (χ2n) is 8.19. The normalized spacial score (nSPS) is 11.2. The molecule has 0 saturated carbocycles. The zero-order valence-corrected chi connectivity index (χ0v) is 18.7. The first kappa shape index (κ1) is 23.2. The van der Waals surface area contributed by atoms with Crippen molar-refractivity contribution in [3.63, 3.8) is 0 Å². The number of nitrogens with zero attached hydrogens (tertiary/aromatic N) is 2. The maximum absolute atomic E-state index is 14.8. The Morgan fingerprint density at radius 1 is 0.972 bits per heavy atom. The molecule has 36 heavy (non-hydrogen) atoms. The molecule has 7 nitrogen and oxygen atoms in total. The van der Waals surface area contributed by atoms with Gasteiger partial charge in [0.15, 0.2) is 23.2 Å². The third kappa shape index (κ3) is 4.78. The molecule has 0 aliphatic carbocycles. The fraction of sp³-hybridized carbons (Fsp3) is 0.115. The smallest absolute Gasteiger partial charge is 0.303 e. The van der Waals surface area contributed by atoms with Crippen LogP contribution in [-0.2, 0) is 17.6 Å². The molecule has 0 unspecified atom stereocenters. The number of carbonyl (C=O) groups is 1. The van der Waals surface area contributed by atoms with E-state index in [-0.39, 0.29) is 28.9 Å². The first-order chi connectivity index (χ1) is 17.4. The number of ether oxygens (including phenoxy) is 1. The third-order valence-corrected chi connectivity index (χ3v) is 5.64. The zero-order chi connectivity index (χ0) is 25.2.